The summed E-state index contributed by atoms with van der Waals surface area (Å²) in [6.07, 6.45) is 1.95. The van der Waals surface area contributed by atoms with Crippen LogP contribution in [0, 0.1) is 0 Å². The quantitative estimate of drug-likeness (QED) is 0.861. The highest BCUT2D eigenvalue weighted by atomic mass is 16.4. The topological polar surface area (TPSA) is 62.2 Å². The van der Waals surface area contributed by atoms with E-state index in [-0.39, 0.29) is 5.69 Å². The minimum atomic E-state index is -1.00. The summed E-state index contributed by atoms with van der Waals surface area (Å²) in [7, 11) is 0. The number of aromatic nitrogens is 1. The Bertz CT molecular complexity index is 592. The molecule has 0 saturated carbocycles. The van der Waals surface area contributed by atoms with Gasteiger partial charge in [-0.3, -0.25) is 0 Å². The molecule has 0 unspecified atom stereocenters. The van der Waals surface area contributed by atoms with Crippen LogP contribution in [0.2, 0.25) is 0 Å². The lowest BCUT2D eigenvalue weighted by atomic mass is 10.1. The molecule has 0 fully saturated rings. The zero-order valence-electron chi connectivity index (χ0n) is 11.2. The second-order valence-corrected chi connectivity index (χ2v) is 4.54. The van der Waals surface area contributed by atoms with Crippen LogP contribution in [-0.2, 0) is 0 Å². The number of nitrogens with zero attached hydrogens (tertiary/aromatic N) is 1. The van der Waals surface area contributed by atoms with Gasteiger partial charge in [0.15, 0.2) is 5.69 Å². The third kappa shape index (κ3) is 2.84. The largest absolute Gasteiger partial charge is 0.477 e. The molecule has 0 radical (unpaired) electrons. The molecule has 0 atom stereocenters. The van der Waals surface area contributed by atoms with Crippen molar-refractivity contribution < 1.29 is 9.90 Å². The molecule has 1 aromatic heterocycles. The maximum absolute atomic E-state index is 11.1. The van der Waals surface area contributed by atoms with Gasteiger partial charge in [-0.15, -0.1) is 0 Å². The van der Waals surface area contributed by atoms with Gasteiger partial charge in [-0.1, -0.05) is 38.1 Å². The van der Waals surface area contributed by atoms with Crippen molar-refractivity contribution in [3.63, 3.8) is 0 Å². The lowest BCUT2D eigenvalue weighted by molar-refractivity contribution is 0.0691. The number of carboxylic acid groups (broad SMARTS) is 1. The van der Waals surface area contributed by atoms with Crippen molar-refractivity contribution in [3.05, 3.63) is 36.0 Å². The molecule has 4 nitrogen and oxygen atoms in total. The Labute approximate surface area is 112 Å². The summed E-state index contributed by atoms with van der Waals surface area (Å²) in [4.78, 5) is 15.4. The first kappa shape index (κ1) is 13.3. The van der Waals surface area contributed by atoms with Gasteiger partial charge < -0.3 is 10.4 Å². The van der Waals surface area contributed by atoms with E-state index in [2.05, 4.69) is 24.1 Å². The van der Waals surface area contributed by atoms with Crippen molar-refractivity contribution >= 4 is 22.6 Å². The zero-order chi connectivity index (χ0) is 13.8. The van der Waals surface area contributed by atoms with E-state index in [4.69, 9.17) is 5.11 Å². The smallest absolute Gasteiger partial charge is 0.354 e. The zero-order valence-corrected chi connectivity index (χ0v) is 11.2. The van der Waals surface area contributed by atoms with E-state index in [1.54, 1.807) is 6.07 Å². The lowest BCUT2D eigenvalue weighted by Gasteiger charge is -2.17. The number of nitrogens with one attached hydrogen (secondary N) is 1. The number of pyridine rings is 1. The lowest BCUT2D eigenvalue weighted by Crippen LogP contribution is -2.19. The molecule has 1 heterocycles. The van der Waals surface area contributed by atoms with Gasteiger partial charge in [0.1, 0.15) is 5.82 Å². The Balaban J connectivity index is 2.53. The number of benzene rings is 1. The Morgan fingerprint density at radius 2 is 2.00 bits per heavy atom. The summed E-state index contributed by atoms with van der Waals surface area (Å²) in [6, 6.07) is 9.60. The standard InChI is InChI=1S/C15H18N2O2/c1-3-11(4-2)16-14-12-8-6-5-7-10(12)9-13(17-14)15(18)19/h5-9,11H,3-4H2,1-2H3,(H,16,17)(H,18,19). The van der Waals surface area contributed by atoms with E-state index in [1.807, 2.05) is 24.3 Å². The molecule has 1 aromatic carbocycles. The molecule has 0 bridgehead atoms. The van der Waals surface area contributed by atoms with Crippen LogP contribution >= 0.6 is 0 Å². The average molecular weight is 258 g/mol. The van der Waals surface area contributed by atoms with Crippen molar-refractivity contribution in [3.8, 4) is 0 Å². The van der Waals surface area contributed by atoms with Crippen molar-refractivity contribution in [1.29, 1.82) is 0 Å². The van der Waals surface area contributed by atoms with Gasteiger partial charge in [-0.05, 0) is 24.3 Å². The van der Waals surface area contributed by atoms with Crippen molar-refractivity contribution in [2.45, 2.75) is 32.7 Å². The van der Waals surface area contributed by atoms with Crippen LogP contribution in [0.25, 0.3) is 10.8 Å². The number of rotatable bonds is 5. The highest BCUT2D eigenvalue weighted by Gasteiger charge is 2.12. The molecule has 0 aliphatic rings. The van der Waals surface area contributed by atoms with Gasteiger partial charge in [-0.2, -0.15) is 0 Å². The summed E-state index contributed by atoms with van der Waals surface area (Å²) in [6.45, 7) is 4.20. The molecule has 0 aliphatic carbocycles. The molecule has 100 valence electrons. The predicted octanol–water partition coefficient (Wildman–Crippen LogP) is 3.53. The third-order valence-electron chi connectivity index (χ3n) is 3.29. The first-order chi connectivity index (χ1) is 9.15. The van der Waals surface area contributed by atoms with Crippen LogP contribution in [0.15, 0.2) is 30.3 Å². The van der Waals surface area contributed by atoms with Gasteiger partial charge in [0, 0.05) is 11.4 Å². The molecular weight excluding hydrogens is 240 g/mol. The number of carbonyl (C=O) groups is 1. The summed E-state index contributed by atoms with van der Waals surface area (Å²) in [5.74, 6) is -0.345. The van der Waals surface area contributed by atoms with Crippen LogP contribution in [0.5, 0.6) is 0 Å². The van der Waals surface area contributed by atoms with Gasteiger partial charge in [-0.25, -0.2) is 9.78 Å². The van der Waals surface area contributed by atoms with E-state index in [1.165, 1.54) is 0 Å². The van der Waals surface area contributed by atoms with Crippen molar-refractivity contribution in [2.75, 3.05) is 5.32 Å². The molecule has 19 heavy (non-hydrogen) atoms. The van der Waals surface area contributed by atoms with E-state index in [0.29, 0.717) is 11.9 Å². The van der Waals surface area contributed by atoms with E-state index < -0.39 is 5.97 Å². The van der Waals surface area contributed by atoms with E-state index in [0.717, 1.165) is 23.6 Å². The van der Waals surface area contributed by atoms with E-state index in [9.17, 15) is 4.79 Å². The monoisotopic (exact) mass is 258 g/mol. The number of hydrogen-bond acceptors (Lipinski definition) is 3. The highest BCUT2D eigenvalue weighted by molar-refractivity contribution is 5.97. The molecule has 0 spiro atoms. The van der Waals surface area contributed by atoms with Crippen LogP contribution in [0.4, 0.5) is 5.82 Å². The fourth-order valence-electron chi connectivity index (χ4n) is 2.10. The fraction of sp³-hybridized carbons (Fsp3) is 0.333. The Hall–Kier alpha value is -2.10. The maximum atomic E-state index is 11.1. The van der Waals surface area contributed by atoms with Crippen LogP contribution < -0.4 is 5.32 Å². The highest BCUT2D eigenvalue weighted by Crippen LogP contribution is 2.24. The number of hydrogen-bond donors (Lipinski definition) is 2. The molecule has 2 aromatic rings. The fourth-order valence-corrected chi connectivity index (χ4v) is 2.10. The average Bonchev–Trinajstić information content (AvgIpc) is 2.44. The maximum Gasteiger partial charge on any atom is 0.354 e. The molecule has 2 N–H and O–H groups in total. The molecule has 0 amide bonds. The Kier molecular flexibility index (Phi) is 4.00. The minimum absolute atomic E-state index is 0.0761. The molecule has 0 saturated heterocycles. The first-order valence-corrected chi connectivity index (χ1v) is 6.55. The second kappa shape index (κ2) is 5.69. The molecule has 4 heteroatoms. The van der Waals surface area contributed by atoms with Crippen LogP contribution in [0.1, 0.15) is 37.2 Å². The van der Waals surface area contributed by atoms with Gasteiger partial charge in [0.05, 0.1) is 0 Å². The van der Waals surface area contributed by atoms with Crippen LogP contribution in [-0.4, -0.2) is 22.1 Å². The molecular formula is C15H18N2O2. The minimum Gasteiger partial charge on any atom is -0.477 e. The number of aromatic carboxylic acids is 1. The number of anilines is 1. The summed E-state index contributed by atoms with van der Waals surface area (Å²) >= 11 is 0. The predicted molar refractivity (Wildman–Crippen MR) is 76.7 cm³/mol. The molecule has 0 aliphatic heterocycles. The Morgan fingerprint density at radius 3 is 2.63 bits per heavy atom. The first-order valence-electron chi connectivity index (χ1n) is 6.55. The van der Waals surface area contributed by atoms with Crippen molar-refractivity contribution in [1.82, 2.24) is 4.98 Å². The summed E-state index contributed by atoms with van der Waals surface area (Å²) in [5.41, 5.74) is 0.0761. The Morgan fingerprint density at radius 1 is 1.32 bits per heavy atom. The van der Waals surface area contributed by atoms with Gasteiger partial charge >= 0.3 is 5.97 Å². The van der Waals surface area contributed by atoms with Gasteiger partial charge in [0.2, 0.25) is 0 Å². The summed E-state index contributed by atoms with van der Waals surface area (Å²) in [5, 5.41) is 14.3. The third-order valence-corrected chi connectivity index (χ3v) is 3.29. The van der Waals surface area contributed by atoms with E-state index >= 15 is 0 Å². The second-order valence-electron chi connectivity index (χ2n) is 4.54. The summed E-state index contributed by atoms with van der Waals surface area (Å²) < 4.78 is 0. The molecule has 2 rings (SSSR count). The van der Waals surface area contributed by atoms with Crippen LogP contribution in [0.3, 0.4) is 0 Å². The number of fused-ring (bicyclic) bond motifs is 1. The SMILES string of the molecule is CCC(CC)Nc1nc(C(=O)O)cc2ccccc12. The number of carboxylic acids is 1. The van der Waals surface area contributed by atoms with Gasteiger partial charge in [0.25, 0.3) is 0 Å². The normalized spacial score (nSPS) is 10.9. The van der Waals surface area contributed by atoms with Crippen molar-refractivity contribution in [2.24, 2.45) is 0 Å².